The van der Waals surface area contributed by atoms with Crippen LogP contribution in [-0.4, -0.2) is 80.6 Å². The van der Waals surface area contributed by atoms with Gasteiger partial charge in [0.05, 0.1) is 22.6 Å². The first-order valence-corrected chi connectivity index (χ1v) is 19.7. The van der Waals surface area contributed by atoms with Crippen molar-refractivity contribution in [2.24, 2.45) is 23.7 Å². The van der Waals surface area contributed by atoms with E-state index in [1.54, 1.807) is 0 Å². The van der Waals surface area contributed by atoms with Gasteiger partial charge in [0.2, 0.25) is 0 Å². The fourth-order valence-corrected chi connectivity index (χ4v) is 7.57. The summed E-state index contributed by atoms with van der Waals surface area (Å²) in [6.07, 6.45) is 10.7. The van der Waals surface area contributed by atoms with Crippen molar-refractivity contribution in [1.82, 2.24) is 20.1 Å². The summed E-state index contributed by atoms with van der Waals surface area (Å²) in [7, 11) is 0. The van der Waals surface area contributed by atoms with Crippen LogP contribution in [0, 0.1) is 51.4 Å². The van der Waals surface area contributed by atoms with Gasteiger partial charge < -0.3 is 20.4 Å². The second-order valence-electron chi connectivity index (χ2n) is 16.9. The number of hydrogen-bond acceptors (Lipinski definition) is 8. The Hall–Kier alpha value is -2.34. The molecule has 52 heavy (non-hydrogen) atoms. The maximum Gasteiger partial charge on any atom is 0.140 e. The second-order valence-corrected chi connectivity index (χ2v) is 16.9. The molecule has 0 bridgehead atoms. The van der Waals surface area contributed by atoms with E-state index in [9.17, 15) is 0 Å². The van der Waals surface area contributed by atoms with Gasteiger partial charge in [0.15, 0.2) is 0 Å². The smallest absolute Gasteiger partial charge is 0.140 e. The molecular formula is C42H74N4O6. The van der Waals surface area contributed by atoms with Gasteiger partial charge in [0, 0.05) is 49.4 Å². The van der Waals surface area contributed by atoms with E-state index >= 15 is 0 Å². The van der Waals surface area contributed by atoms with Crippen molar-refractivity contribution in [3.63, 3.8) is 0 Å². The monoisotopic (exact) mass is 731 g/mol. The van der Waals surface area contributed by atoms with Crippen molar-refractivity contribution in [2.75, 3.05) is 26.2 Å². The Bertz CT molecular complexity index is 1240. The number of aryl methyl sites for hydroxylation is 4. The van der Waals surface area contributed by atoms with E-state index in [4.69, 9.17) is 19.1 Å². The highest BCUT2D eigenvalue weighted by Gasteiger charge is 2.41. The average Bonchev–Trinajstić information content (AvgIpc) is 3.62. The van der Waals surface area contributed by atoms with Crippen LogP contribution in [0.4, 0.5) is 0 Å². The van der Waals surface area contributed by atoms with Crippen molar-refractivity contribution in [1.29, 1.82) is 0 Å². The third kappa shape index (κ3) is 13.5. The lowest BCUT2D eigenvalue weighted by Gasteiger charge is -2.37. The number of rotatable bonds is 10. The van der Waals surface area contributed by atoms with Gasteiger partial charge in [0.1, 0.15) is 23.7 Å². The Morgan fingerprint density at radius 2 is 0.904 bits per heavy atom. The van der Waals surface area contributed by atoms with Gasteiger partial charge in [-0.05, 0) is 144 Å². The first-order chi connectivity index (χ1) is 23.6. The quantitative estimate of drug-likeness (QED) is 0.241. The number of hydroxylamine groups is 4. The van der Waals surface area contributed by atoms with Crippen molar-refractivity contribution in [2.45, 2.75) is 158 Å². The Labute approximate surface area is 315 Å². The van der Waals surface area contributed by atoms with E-state index in [-0.39, 0.29) is 34.4 Å². The second kappa shape index (κ2) is 20.4. The zero-order valence-corrected chi connectivity index (χ0v) is 34.7. The van der Waals surface area contributed by atoms with Crippen LogP contribution in [0.3, 0.4) is 0 Å². The number of pyridine rings is 2. The van der Waals surface area contributed by atoms with E-state index in [1.807, 2.05) is 53.7 Å². The van der Waals surface area contributed by atoms with E-state index in [0.717, 1.165) is 73.3 Å². The molecule has 4 fully saturated rings. The first-order valence-electron chi connectivity index (χ1n) is 19.7. The van der Waals surface area contributed by atoms with Crippen LogP contribution in [0.25, 0.3) is 0 Å². The third-order valence-corrected chi connectivity index (χ3v) is 10.2. The van der Waals surface area contributed by atoms with Crippen LogP contribution >= 0.6 is 0 Å². The molecular weight excluding hydrogens is 656 g/mol. The summed E-state index contributed by atoms with van der Waals surface area (Å²) in [6.45, 7) is 28.8. The van der Waals surface area contributed by atoms with Gasteiger partial charge in [-0.1, -0.05) is 26.7 Å². The first kappa shape index (κ1) is 45.8. The predicted molar refractivity (Wildman–Crippen MR) is 211 cm³/mol. The van der Waals surface area contributed by atoms with Gasteiger partial charge in [0.25, 0.3) is 0 Å². The molecule has 4 aliphatic rings. The van der Waals surface area contributed by atoms with Crippen LogP contribution in [0.2, 0.25) is 0 Å². The van der Waals surface area contributed by atoms with E-state index < -0.39 is 0 Å². The SMILES string of the molecule is CC.Cc1ccc(OC(C2CCC2)[C@H]2CCN(OC(C)(C)C)C2)c(C)n1.Cc1ccc(OC(C2CCC2)[C@H]2CCN(OC(C)(C)C)C2)c(C)n1.O.O. The Balaban J connectivity index is 0.000000332. The maximum absolute atomic E-state index is 6.52. The largest absolute Gasteiger partial charge is 0.488 e. The molecule has 4 N–H and O–H groups in total. The zero-order chi connectivity index (χ0) is 36.6. The summed E-state index contributed by atoms with van der Waals surface area (Å²) in [5.41, 5.74) is 3.84. The van der Waals surface area contributed by atoms with Gasteiger partial charge in [-0.3, -0.25) is 19.6 Å². The summed E-state index contributed by atoms with van der Waals surface area (Å²) >= 11 is 0. The molecule has 2 unspecified atom stereocenters. The van der Waals surface area contributed by atoms with Crippen molar-refractivity contribution < 1.29 is 30.1 Å². The summed E-state index contributed by atoms with van der Waals surface area (Å²) in [6, 6.07) is 8.26. The predicted octanol–water partition coefficient (Wildman–Crippen LogP) is 7.97. The van der Waals surface area contributed by atoms with Crippen molar-refractivity contribution >= 4 is 0 Å². The van der Waals surface area contributed by atoms with Gasteiger partial charge in [-0.15, -0.1) is 0 Å². The number of hydrogen-bond donors (Lipinski definition) is 0. The molecule has 10 heteroatoms. The number of nitrogens with zero attached hydrogens (tertiary/aromatic N) is 4. The molecule has 298 valence electrons. The maximum atomic E-state index is 6.52. The highest BCUT2D eigenvalue weighted by molar-refractivity contribution is 5.29. The lowest BCUT2D eigenvalue weighted by atomic mass is 9.76. The molecule has 2 aliphatic heterocycles. The molecule has 4 heterocycles. The lowest BCUT2D eigenvalue weighted by Crippen LogP contribution is -2.40. The Kier molecular flexibility index (Phi) is 17.9. The Morgan fingerprint density at radius 1 is 0.558 bits per heavy atom. The molecule has 2 saturated carbocycles. The zero-order valence-electron chi connectivity index (χ0n) is 34.7. The molecule has 4 atom stereocenters. The van der Waals surface area contributed by atoms with Crippen LogP contribution in [0.15, 0.2) is 24.3 Å². The summed E-state index contributed by atoms with van der Waals surface area (Å²) < 4.78 is 13.0. The highest BCUT2D eigenvalue weighted by Crippen LogP contribution is 2.40. The average molecular weight is 731 g/mol. The van der Waals surface area contributed by atoms with Crippen LogP contribution in [0.1, 0.15) is 130 Å². The van der Waals surface area contributed by atoms with E-state index in [2.05, 4.69) is 73.8 Å². The fourth-order valence-electron chi connectivity index (χ4n) is 7.57. The minimum absolute atomic E-state index is 0. The van der Waals surface area contributed by atoms with Crippen LogP contribution in [0.5, 0.6) is 11.5 Å². The minimum Gasteiger partial charge on any atom is -0.488 e. The molecule has 0 radical (unpaired) electrons. The number of aromatic nitrogens is 2. The van der Waals surface area contributed by atoms with Crippen molar-refractivity contribution in [3.8, 4) is 11.5 Å². The van der Waals surface area contributed by atoms with Crippen LogP contribution in [-0.2, 0) is 9.68 Å². The van der Waals surface area contributed by atoms with Gasteiger partial charge in [-0.25, -0.2) is 0 Å². The highest BCUT2D eigenvalue weighted by atomic mass is 16.7. The molecule has 0 aromatic carbocycles. The van der Waals surface area contributed by atoms with Gasteiger partial charge in [-0.2, -0.15) is 10.1 Å². The molecule has 2 saturated heterocycles. The molecule has 0 amide bonds. The van der Waals surface area contributed by atoms with Gasteiger partial charge >= 0.3 is 0 Å². The molecule has 2 aromatic heterocycles. The van der Waals surface area contributed by atoms with Crippen molar-refractivity contribution in [3.05, 3.63) is 47.0 Å². The number of ether oxygens (including phenoxy) is 2. The summed E-state index contributed by atoms with van der Waals surface area (Å²) in [4.78, 5) is 21.3. The van der Waals surface area contributed by atoms with Crippen LogP contribution < -0.4 is 9.47 Å². The minimum atomic E-state index is -0.126. The van der Waals surface area contributed by atoms with E-state index in [1.165, 1.54) is 38.5 Å². The molecule has 0 spiro atoms. The molecule has 10 nitrogen and oxygen atoms in total. The third-order valence-electron chi connectivity index (χ3n) is 10.2. The topological polar surface area (TPSA) is 132 Å². The lowest BCUT2D eigenvalue weighted by molar-refractivity contribution is -0.219. The fraction of sp³-hybridized carbons (Fsp3) is 0.762. The Morgan fingerprint density at radius 3 is 1.17 bits per heavy atom. The molecule has 6 rings (SSSR count). The summed E-state index contributed by atoms with van der Waals surface area (Å²) in [5, 5.41) is 4.28. The standard InChI is InChI=1S/2C20H32N2O2.C2H6.2H2O/c2*1-14-9-10-18(15(2)21-14)23-19(16-7-6-8-16)17-11-12-22(13-17)24-20(3,4)5;1-2;;/h2*9-10,16-17,19H,6-8,11-13H2,1-5H3;1-2H3;2*1H2/t2*17-,19?;;;/m00.../s1. The molecule has 2 aromatic rings. The van der Waals surface area contributed by atoms with E-state index in [0.29, 0.717) is 23.7 Å². The normalized spacial score (nSPS) is 22.2. The molecule has 2 aliphatic carbocycles. The summed E-state index contributed by atoms with van der Waals surface area (Å²) in [5.74, 6) is 4.35.